The van der Waals surface area contributed by atoms with Crippen LogP contribution < -0.4 is 0 Å². The SMILES string of the molecule is COC(=O)[C@@H]1OC(C)(C)O[C@H]1[C@H]1OC(C)(C)O[C@@H]1CO. The number of rotatable bonds is 3. The molecule has 4 atom stereocenters. The molecule has 2 aliphatic heterocycles. The molecule has 0 aliphatic carbocycles. The lowest BCUT2D eigenvalue weighted by Gasteiger charge is -2.24. The first-order valence-corrected chi connectivity index (χ1v) is 6.59. The third kappa shape index (κ3) is 2.96. The summed E-state index contributed by atoms with van der Waals surface area (Å²) in [5.41, 5.74) is 0. The van der Waals surface area contributed by atoms with Crippen molar-refractivity contribution in [1.82, 2.24) is 0 Å². The molecule has 0 aromatic heterocycles. The smallest absolute Gasteiger partial charge is 0.337 e. The summed E-state index contributed by atoms with van der Waals surface area (Å²) in [7, 11) is 1.29. The van der Waals surface area contributed by atoms with Crippen molar-refractivity contribution in [2.24, 2.45) is 0 Å². The van der Waals surface area contributed by atoms with Crippen LogP contribution in [-0.2, 0) is 28.5 Å². The quantitative estimate of drug-likeness (QED) is 0.743. The topological polar surface area (TPSA) is 83.5 Å². The van der Waals surface area contributed by atoms with E-state index in [9.17, 15) is 9.90 Å². The number of esters is 1. The van der Waals surface area contributed by atoms with Gasteiger partial charge < -0.3 is 28.8 Å². The number of hydrogen-bond acceptors (Lipinski definition) is 7. The van der Waals surface area contributed by atoms with Gasteiger partial charge in [0.05, 0.1) is 13.7 Å². The Bertz CT molecular complexity index is 379. The van der Waals surface area contributed by atoms with Crippen LogP contribution in [0.5, 0.6) is 0 Å². The van der Waals surface area contributed by atoms with E-state index in [1.54, 1.807) is 27.7 Å². The van der Waals surface area contributed by atoms with Crippen molar-refractivity contribution in [3.63, 3.8) is 0 Å². The fourth-order valence-electron chi connectivity index (χ4n) is 2.61. The minimum absolute atomic E-state index is 0.234. The Kier molecular flexibility index (Phi) is 4.10. The maximum Gasteiger partial charge on any atom is 0.337 e. The lowest BCUT2D eigenvalue weighted by atomic mass is 10.0. The first kappa shape index (κ1) is 15.7. The van der Waals surface area contributed by atoms with Gasteiger partial charge in [0.15, 0.2) is 17.7 Å². The third-order valence-electron chi connectivity index (χ3n) is 3.29. The Labute approximate surface area is 118 Å². The van der Waals surface area contributed by atoms with Gasteiger partial charge in [0.1, 0.15) is 18.3 Å². The second-order valence-corrected chi connectivity index (χ2v) is 5.87. The molecule has 20 heavy (non-hydrogen) atoms. The first-order chi connectivity index (χ1) is 9.19. The summed E-state index contributed by atoms with van der Waals surface area (Å²) in [6.45, 7) is 6.66. The van der Waals surface area contributed by atoms with E-state index in [4.69, 9.17) is 23.7 Å². The molecule has 0 amide bonds. The van der Waals surface area contributed by atoms with Crippen molar-refractivity contribution >= 4 is 5.97 Å². The van der Waals surface area contributed by atoms with E-state index in [-0.39, 0.29) is 6.61 Å². The molecule has 2 rings (SSSR count). The number of ether oxygens (including phenoxy) is 5. The van der Waals surface area contributed by atoms with Crippen LogP contribution in [-0.4, -0.2) is 60.8 Å². The van der Waals surface area contributed by atoms with E-state index in [0.717, 1.165) is 0 Å². The van der Waals surface area contributed by atoms with E-state index >= 15 is 0 Å². The van der Waals surface area contributed by atoms with E-state index in [1.807, 2.05) is 0 Å². The molecule has 7 heteroatoms. The summed E-state index contributed by atoms with van der Waals surface area (Å²) in [6, 6.07) is 0. The highest BCUT2D eigenvalue weighted by molar-refractivity contribution is 5.75. The summed E-state index contributed by atoms with van der Waals surface area (Å²) in [4.78, 5) is 11.8. The number of hydrogen-bond donors (Lipinski definition) is 1. The molecule has 0 bridgehead atoms. The second-order valence-electron chi connectivity index (χ2n) is 5.87. The van der Waals surface area contributed by atoms with Crippen molar-refractivity contribution in [3.05, 3.63) is 0 Å². The number of methoxy groups -OCH3 is 1. The normalized spacial score (nSPS) is 38.9. The fraction of sp³-hybridized carbons (Fsp3) is 0.923. The van der Waals surface area contributed by atoms with Gasteiger partial charge in [0.25, 0.3) is 0 Å². The summed E-state index contributed by atoms with van der Waals surface area (Å²) >= 11 is 0. The Hall–Kier alpha value is -0.730. The standard InChI is InChI=1S/C13H22O7/c1-12(2)17-7(6-14)8(18-12)9-10(11(15)16-5)20-13(3,4)19-9/h7-10,14H,6H2,1-5H3/t7-,8+,9+,10-/m1/s1. The van der Waals surface area contributed by atoms with Gasteiger partial charge in [-0.25, -0.2) is 4.79 Å². The van der Waals surface area contributed by atoms with Crippen molar-refractivity contribution in [1.29, 1.82) is 0 Å². The number of carbonyl (C=O) groups is 1. The molecule has 2 heterocycles. The predicted octanol–water partition coefficient (Wildman–Crippen LogP) is 0.192. The van der Waals surface area contributed by atoms with Gasteiger partial charge in [-0.15, -0.1) is 0 Å². The first-order valence-electron chi connectivity index (χ1n) is 6.59. The number of aliphatic hydroxyl groups excluding tert-OH is 1. The molecule has 0 aromatic carbocycles. The van der Waals surface area contributed by atoms with Crippen LogP contribution in [0.25, 0.3) is 0 Å². The Morgan fingerprint density at radius 3 is 2.15 bits per heavy atom. The minimum atomic E-state index is -0.931. The Morgan fingerprint density at radius 2 is 1.60 bits per heavy atom. The van der Waals surface area contributed by atoms with E-state index in [0.29, 0.717) is 0 Å². The van der Waals surface area contributed by atoms with Crippen LogP contribution in [0.4, 0.5) is 0 Å². The van der Waals surface area contributed by atoms with Gasteiger partial charge in [0, 0.05) is 0 Å². The molecule has 7 nitrogen and oxygen atoms in total. The lowest BCUT2D eigenvalue weighted by molar-refractivity contribution is -0.176. The molecule has 2 aliphatic rings. The molecule has 0 unspecified atom stereocenters. The molecule has 0 saturated carbocycles. The molecular weight excluding hydrogens is 268 g/mol. The highest BCUT2D eigenvalue weighted by Crippen LogP contribution is 2.38. The highest BCUT2D eigenvalue weighted by atomic mass is 16.8. The summed E-state index contributed by atoms with van der Waals surface area (Å²) in [5, 5.41) is 9.42. The zero-order valence-corrected chi connectivity index (χ0v) is 12.4. The maximum absolute atomic E-state index is 11.8. The summed E-state index contributed by atoms with van der Waals surface area (Å²) in [6.07, 6.45) is -2.80. The monoisotopic (exact) mass is 290 g/mol. The van der Waals surface area contributed by atoms with Crippen LogP contribution in [0.15, 0.2) is 0 Å². The van der Waals surface area contributed by atoms with Gasteiger partial charge >= 0.3 is 5.97 Å². The molecule has 0 spiro atoms. The Balaban J connectivity index is 2.22. The van der Waals surface area contributed by atoms with E-state index < -0.39 is 42.0 Å². The van der Waals surface area contributed by atoms with E-state index in [2.05, 4.69) is 0 Å². The highest BCUT2D eigenvalue weighted by Gasteiger charge is 2.56. The number of aliphatic hydroxyl groups is 1. The molecular formula is C13H22O7. The third-order valence-corrected chi connectivity index (χ3v) is 3.29. The van der Waals surface area contributed by atoms with Gasteiger partial charge in [-0.2, -0.15) is 0 Å². The van der Waals surface area contributed by atoms with Gasteiger partial charge in [0.2, 0.25) is 0 Å². The van der Waals surface area contributed by atoms with Crippen LogP contribution in [0.2, 0.25) is 0 Å². The van der Waals surface area contributed by atoms with Crippen LogP contribution in [0.1, 0.15) is 27.7 Å². The average Bonchev–Trinajstić information content (AvgIpc) is 2.84. The summed E-state index contributed by atoms with van der Waals surface area (Å²) in [5.74, 6) is -2.32. The van der Waals surface area contributed by atoms with Crippen LogP contribution in [0, 0.1) is 0 Å². The molecule has 116 valence electrons. The predicted molar refractivity (Wildman–Crippen MR) is 66.8 cm³/mol. The molecule has 0 aromatic rings. The van der Waals surface area contributed by atoms with Gasteiger partial charge in [-0.3, -0.25) is 0 Å². The van der Waals surface area contributed by atoms with Crippen LogP contribution >= 0.6 is 0 Å². The minimum Gasteiger partial charge on any atom is -0.467 e. The molecule has 2 fully saturated rings. The average molecular weight is 290 g/mol. The van der Waals surface area contributed by atoms with Gasteiger partial charge in [-0.1, -0.05) is 0 Å². The van der Waals surface area contributed by atoms with E-state index in [1.165, 1.54) is 7.11 Å². The largest absolute Gasteiger partial charge is 0.467 e. The van der Waals surface area contributed by atoms with Crippen molar-refractivity contribution in [2.45, 2.75) is 63.7 Å². The van der Waals surface area contributed by atoms with Crippen molar-refractivity contribution in [2.75, 3.05) is 13.7 Å². The maximum atomic E-state index is 11.8. The summed E-state index contributed by atoms with van der Waals surface area (Å²) < 4.78 is 27.4. The second kappa shape index (κ2) is 5.23. The molecule has 0 radical (unpaired) electrons. The number of carbonyl (C=O) groups excluding carboxylic acids is 1. The Morgan fingerprint density at radius 1 is 1.05 bits per heavy atom. The fourth-order valence-corrected chi connectivity index (χ4v) is 2.61. The van der Waals surface area contributed by atoms with Crippen molar-refractivity contribution < 1.29 is 33.6 Å². The zero-order chi connectivity index (χ0) is 15.1. The molecule has 1 N–H and O–H groups in total. The van der Waals surface area contributed by atoms with Crippen LogP contribution in [0.3, 0.4) is 0 Å². The lowest BCUT2D eigenvalue weighted by Crippen LogP contribution is -2.46. The van der Waals surface area contributed by atoms with Crippen molar-refractivity contribution in [3.8, 4) is 0 Å². The zero-order valence-electron chi connectivity index (χ0n) is 12.4. The van der Waals surface area contributed by atoms with Gasteiger partial charge in [-0.05, 0) is 27.7 Å². The molecule has 2 saturated heterocycles.